The molecule has 37 heavy (non-hydrogen) atoms. The molecule has 0 bridgehead atoms. The van der Waals surface area contributed by atoms with E-state index in [1.54, 1.807) is 0 Å². The Balaban J connectivity index is 1.56. The normalized spacial score (nSPS) is 46.6. The van der Waals surface area contributed by atoms with Gasteiger partial charge in [-0.05, 0) is 110 Å². The molecule has 206 valence electrons. The number of hydrogen-bond acceptors (Lipinski definition) is 4. The quantitative estimate of drug-likeness (QED) is 0.368. The molecule has 0 radical (unpaired) electrons. The lowest BCUT2D eigenvalue weighted by Crippen LogP contribution is -2.64. The number of allylic oxidation sites excluding steroid dienone is 2. The van der Waals surface area contributed by atoms with Gasteiger partial charge in [0.25, 0.3) is 0 Å². The Morgan fingerprint density at radius 3 is 2.38 bits per heavy atom. The highest BCUT2D eigenvalue weighted by molar-refractivity contribution is 5.95. The molecule has 0 aromatic carbocycles. The first kappa shape index (κ1) is 27.1. The lowest BCUT2D eigenvalue weighted by Gasteiger charge is -2.69. The molecular weight excluding hydrogens is 460 g/mol. The zero-order valence-electron chi connectivity index (χ0n) is 24.5. The van der Waals surface area contributed by atoms with E-state index in [2.05, 4.69) is 47.6 Å². The van der Waals surface area contributed by atoms with Crippen molar-refractivity contribution in [1.82, 2.24) is 0 Å². The first-order valence-corrected chi connectivity index (χ1v) is 15.2. The Bertz CT molecular complexity index is 1020. The van der Waals surface area contributed by atoms with Gasteiger partial charge in [-0.3, -0.25) is 14.4 Å². The Kier molecular flexibility index (Phi) is 6.44. The van der Waals surface area contributed by atoms with Crippen molar-refractivity contribution in [2.45, 2.75) is 119 Å². The molecule has 4 fully saturated rings. The van der Waals surface area contributed by atoms with Gasteiger partial charge in [-0.15, -0.1) is 0 Å². The summed E-state index contributed by atoms with van der Waals surface area (Å²) < 4.78 is 5.32. The summed E-state index contributed by atoms with van der Waals surface area (Å²) in [5, 5.41) is 0. The molecular formula is C33H50O4. The van der Waals surface area contributed by atoms with Gasteiger partial charge in [0.05, 0.1) is 6.61 Å². The van der Waals surface area contributed by atoms with Gasteiger partial charge in [-0.2, -0.15) is 0 Å². The third-order valence-corrected chi connectivity index (χ3v) is 13.1. The van der Waals surface area contributed by atoms with E-state index in [0.29, 0.717) is 42.9 Å². The maximum atomic E-state index is 14.4. The van der Waals surface area contributed by atoms with Crippen molar-refractivity contribution < 1.29 is 19.1 Å². The van der Waals surface area contributed by atoms with Crippen molar-refractivity contribution in [2.24, 2.45) is 50.7 Å². The number of hydrogen-bond donors (Lipinski definition) is 0. The summed E-state index contributed by atoms with van der Waals surface area (Å²) in [6, 6.07) is 0. The molecule has 4 saturated carbocycles. The van der Waals surface area contributed by atoms with Gasteiger partial charge in [-0.25, -0.2) is 0 Å². The smallest absolute Gasteiger partial charge is 0.305 e. The largest absolute Gasteiger partial charge is 0.466 e. The molecule has 0 amide bonds. The van der Waals surface area contributed by atoms with E-state index in [-0.39, 0.29) is 44.9 Å². The maximum Gasteiger partial charge on any atom is 0.305 e. The van der Waals surface area contributed by atoms with Crippen LogP contribution in [0.4, 0.5) is 0 Å². The monoisotopic (exact) mass is 510 g/mol. The number of esters is 1. The third kappa shape index (κ3) is 3.85. The molecule has 8 atom stereocenters. The number of carbonyl (C=O) groups is 3. The van der Waals surface area contributed by atoms with Crippen molar-refractivity contribution in [1.29, 1.82) is 0 Å². The third-order valence-electron chi connectivity index (χ3n) is 13.1. The zero-order valence-corrected chi connectivity index (χ0v) is 24.5. The van der Waals surface area contributed by atoms with E-state index < -0.39 is 0 Å². The van der Waals surface area contributed by atoms with Crippen molar-refractivity contribution in [3.05, 3.63) is 11.6 Å². The summed E-state index contributed by atoms with van der Waals surface area (Å²) in [5.74, 6) is 1.41. The highest BCUT2D eigenvalue weighted by Gasteiger charge is 2.68. The number of fused-ring (bicyclic) bond motifs is 7. The Labute approximate surface area is 224 Å². The van der Waals surface area contributed by atoms with Crippen molar-refractivity contribution in [2.75, 3.05) is 6.61 Å². The molecule has 0 saturated heterocycles. The Hall–Kier alpha value is -1.45. The fraction of sp³-hybridized carbons (Fsp3) is 0.848. The molecule has 0 N–H and O–H groups in total. The van der Waals surface area contributed by atoms with Gasteiger partial charge in [0.15, 0.2) is 5.78 Å². The second-order valence-electron chi connectivity index (χ2n) is 15.1. The minimum absolute atomic E-state index is 0.0135. The fourth-order valence-electron chi connectivity index (χ4n) is 10.6. The predicted octanol–water partition coefficient (Wildman–Crippen LogP) is 7.49. The van der Waals surface area contributed by atoms with E-state index in [1.807, 2.05) is 6.92 Å². The van der Waals surface area contributed by atoms with Gasteiger partial charge in [0.1, 0.15) is 5.78 Å². The molecule has 5 aliphatic rings. The fourth-order valence-corrected chi connectivity index (χ4v) is 10.6. The summed E-state index contributed by atoms with van der Waals surface area (Å²) in [4.78, 5) is 39.5. The van der Waals surface area contributed by atoms with Gasteiger partial charge >= 0.3 is 5.97 Å². The highest BCUT2D eigenvalue weighted by Crippen LogP contribution is 2.74. The average Bonchev–Trinajstić information content (AvgIpc) is 2.82. The summed E-state index contributed by atoms with van der Waals surface area (Å²) in [6.45, 7) is 16.5. The highest BCUT2D eigenvalue weighted by atomic mass is 16.5. The zero-order chi connectivity index (χ0) is 27.0. The maximum absolute atomic E-state index is 14.4. The van der Waals surface area contributed by atoms with Gasteiger partial charge < -0.3 is 4.74 Å². The molecule has 0 heterocycles. The molecule has 4 heteroatoms. The van der Waals surface area contributed by atoms with Crippen LogP contribution in [0.3, 0.4) is 0 Å². The molecule has 0 aliphatic heterocycles. The van der Waals surface area contributed by atoms with E-state index in [4.69, 9.17) is 4.74 Å². The Morgan fingerprint density at radius 2 is 1.68 bits per heavy atom. The number of carbonyl (C=O) groups excluding carboxylic acids is 3. The second-order valence-corrected chi connectivity index (χ2v) is 15.1. The molecule has 0 aromatic heterocycles. The van der Waals surface area contributed by atoms with Crippen LogP contribution in [-0.4, -0.2) is 24.1 Å². The number of rotatable bonds is 4. The first-order chi connectivity index (χ1) is 17.2. The van der Waals surface area contributed by atoms with Crippen LogP contribution in [0.25, 0.3) is 0 Å². The van der Waals surface area contributed by atoms with Crippen LogP contribution < -0.4 is 0 Å². The molecule has 4 nitrogen and oxygen atoms in total. The topological polar surface area (TPSA) is 60.4 Å². The standard InChI is InChI=1S/C33H50O4/c1-8-37-27(36)11-14-33-17-15-29(3,4)20-23(33)28-25(35)19-26-30(5)12-10-24(34)21(2)22(30)9-13-31(26,6)32(28,7)16-18-33/h19,21-23,28H,8-18,20H2,1-7H3/t21-,22-,23-,28-,30-,31+,32+,33+/m0/s1. The van der Waals surface area contributed by atoms with E-state index >= 15 is 0 Å². The van der Waals surface area contributed by atoms with Crippen LogP contribution in [0.1, 0.15) is 119 Å². The minimum Gasteiger partial charge on any atom is -0.466 e. The van der Waals surface area contributed by atoms with Crippen LogP contribution in [0.2, 0.25) is 0 Å². The van der Waals surface area contributed by atoms with E-state index in [9.17, 15) is 14.4 Å². The van der Waals surface area contributed by atoms with Crippen molar-refractivity contribution >= 4 is 17.5 Å². The van der Waals surface area contributed by atoms with Crippen LogP contribution in [0, 0.1) is 50.7 Å². The second kappa shape index (κ2) is 8.78. The van der Waals surface area contributed by atoms with E-state index in [0.717, 1.165) is 57.8 Å². The van der Waals surface area contributed by atoms with Gasteiger partial charge in [0.2, 0.25) is 0 Å². The van der Waals surface area contributed by atoms with Crippen LogP contribution in [0.5, 0.6) is 0 Å². The summed E-state index contributed by atoms with van der Waals surface area (Å²) in [5.41, 5.74) is 1.47. The Morgan fingerprint density at radius 1 is 0.973 bits per heavy atom. The summed E-state index contributed by atoms with van der Waals surface area (Å²) in [7, 11) is 0. The van der Waals surface area contributed by atoms with Gasteiger partial charge in [-0.1, -0.05) is 47.1 Å². The predicted molar refractivity (Wildman–Crippen MR) is 146 cm³/mol. The van der Waals surface area contributed by atoms with Crippen molar-refractivity contribution in [3.63, 3.8) is 0 Å². The summed E-state index contributed by atoms with van der Waals surface area (Å²) >= 11 is 0. The molecule has 0 spiro atoms. The SMILES string of the molecule is CCOC(=O)CC[C@]12CCC(C)(C)C[C@H]1[C@H]1C(=O)C=C3[C@@]4(C)CCC(=O)[C@@H](C)[C@@H]4CC[C@@]3(C)[C@]1(C)CC2. The van der Waals surface area contributed by atoms with Crippen molar-refractivity contribution in [3.8, 4) is 0 Å². The molecule has 0 unspecified atom stereocenters. The van der Waals surface area contributed by atoms with Gasteiger partial charge in [0, 0.05) is 24.7 Å². The molecule has 0 aromatic rings. The van der Waals surface area contributed by atoms with Crippen LogP contribution in [0.15, 0.2) is 11.6 Å². The minimum atomic E-state index is -0.0925. The number of ether oxygens (including phenoxy) is 1. The lowest BCUT2D eigenvalue weighted by molar-refractivity contribution is -0.175. The molecule has 5 rings (SSSR count). The molecule has 5 aliphatic carbocycles. The number of Topliss-reactive ketones (excluding diaryl/α,β-unsaturated/α-hetero) is 1. The summed E-state index contributed by atoms with van der Waals surface area (Å²) in [6.07, 6.45) is 12.6. The van der Waals surface area contributed by atoms with Crippen LogP contribution >= 0.6 is 0 Å². The average molecular weight is 511 g/mol. The number of ketones is 2. The first-order valence-electron chi connectivity index (χ1n) is 15.2. The van der Waals surface area contributed by atoms with Crippen LogP contribution in [-0.2, 0) is 19.1 Å². The lowest BCUT2D eigenvalue weighted by atomic mass is 9.34. The van der Waals surface area contributed by atoms with E-state index in [1.165, 1.54) is 5.57 Å².